The van der Waals surface area contributed by atoms with Crippen molar-refractivity contribution in [2.24, 2.45) is 5.73 Å². The number of amides is 1. The number of nitro benzene ring substituents is 1. The maximum atomic E-state index is 11.9. The van der Waals surface area contributed by atoms with E-state index in [1.807, 2.05) is 5.38 Å². The van der Waals surface area contributed by atoms with Crippen molar-refractivity contribution in [3.05, 3.63) is 56.8 Å². The molecule has 7 heteroatoms. The first-order valence-electron chi connectivity index (χ1n) is 5.43. The number of hydrogen-bond donors (Lipinski definition) is 2. The monoisotopic (exact) mass is 277 g/mol. The molecule has 1 aromatic heterocycles. The summed E-state index contributed by atoms with van der Waals surface area (Å²) in [5, 5.41) is 15.1. The Morgan fingerprint density at radius 1 is 1.32 bits per heavy atom. The number of nitro groups is 1. The van der Waals surface area contributed by atoms with Crippen molar-refractivity contribution in [1.29, 1.82) is 0 Å². The molecule has 2 aromatic rings. The fourth-order valence-electron chi connectivity index (χ4n) is 1.55. The molecular weight excluding hydrogens is 266 g/mol. The fourth-order valence-corrected chi connectivity index (χ4v) is 2.27. The number of rotatable bonds is 4. The summed E-state index contributed by atoms with van der Waals surface area (Å²) in [7, 11) is 0. The largest absolute Gasteiger partial charge is 0.319 e. The van der Waals surface area contributed by atoms with Crippen molar-refractivity contribution in [3.8, 4) is 0 Å². The van der Waals surface area contributed by atoms with Crippen LogP contribution in [0.4, 0.5) is 11.4 Å². The predicted molar refractivity (Wildman–Crippen MR) is 73.0 cm³/mol. The summed E-state index contributed by atoms with van der Waals surface area (Å²) in [4.78, 5) is 22.9. The van der Waals surface area contributed by atoms with Gasteiger partial charge in [-0.15, -0.1) is 11.3 Å². The second-order valence-electron chi connectivity index (χ2n) is 3.76. The molecule has 0 radical (unpaired) electrons. The van der Waals surface area contributed by atoms with E-state index in [1.165, 1.54) is 29.5 Å². The molecule has 0 fully saturated rings. The van der Waals surface area contributed by atoms with Crippen LogP contribution < -0.4 is 11.1 Å². The quantitative estimate of drug-likeness (QED) is 0.661. The van der Waals surface area contributed by atoms with E-state index in [2.05, 4.69) is 5.32 Å². The fraction of sp³-hybridized carbons (Fsp3) is 0.0833. The van der Waals surface area contributed by atoms with Crippen LogP contribution in [0.2, 0.25) is 0 Å². The number of nitrogens with two attached hydrogens (primary N) is 1. The van der Waals surface area contributed by atoms with Gasteiger partial charge in [-0.05, 0) is 17.5 Å². The third-order valence-electron chi connectivity index (χ3n) is 2.49. The lowest BCUT2D eigenvalue weighted by Gasteiger charge is -2.10. The molecule has 0 saturated carbocycles. The van der Waals surface area contributed by atoms with Gasteiger partial charge < -0.3 is 11.1 Å². The van der Waals surface area contributed by atoms with Crippen LogP contribution in [0, 0.1) is 10.1 Å². The molecule has 0 bridgehead atoms. The first-order valence-corrected chi connectivity index (χ1v) is 6.31. The van der Waals surface area contributed by atoms with Crippen LogP contribution >= 0.6 is 11.3 Å². The highest BCUT2D eigenvalue weighted by atomic mass is 32.1. The third-order valence-corrected chi connectivity index (χ3v) is 3.45. The zero-order valence-electron chi connectivity index (χ0n) is 9.78. The van der Waals surface area contributed by atoms with Gasteiger partial charge >= 0.3 is 0 Å². The van der Waals surface area contributed by atoms with E-state index < -0.39 is 16.9 Å². The average molecular weight is 277 g/mol. The van der Waals surface area contributed by atoms with E-state index in [0.717, 1.165) is 0 Å². The molecule has 0 aliphatic rings. The Kier molecular flexibility index (Phi) is 3.88. The van der Waals surface area contributed by atoms with Crippen molar-refractivity contribution in [1.82, 2.24) is 0 Å². The SMILES string of the molecule is NC(C(=O)Nc1ccccc1[N+](=O)[O-])c1cccs1. The summed E-state index contributed by atoms with van der Waals surface area (Å²) in [5.74, 6) is -0.475. The normalized spacial score (nSPS) is 11.8. The molecule has 19 heavy (non-hydrogen) atoms. The number of anilines is 1. The molecule has 1 aromatic carbocycles. The molecule has 0 aliphatic heterocycles. The molecule has 1 atom stereocenters. The van der Waals surface area contributed by atoms with Crippen LogP contribution in [-0.4, -0.2) is 10.8 Å². The lowest BCUT2D eigenvalue weighted by molar-refractivity contribution is -0.383. The van der Waals surface area contributed by atoms with Crippen molar-refractivity contribution >= 4 is 28.6 Å². The molecule has 6 nitrogen and oxygen atoms in total. The molecule has 1 unspecified atom stereocenters. The Labute approximate surface area is 113 Å². The van der Waals surface area contributed by atoms with E-state index in [1.54, 1.807) is 18.2 Å². The minimum Gasteiger partial charge on any atom is -0.319 e. The van der Waals surface area contributed by atoms with E-state index in [0.29, 0.717) is 4.88 Å². The van der Waals surface area contributed by atoms with Crippen molar-refractivity contribution in [3.63, 3.8) is 0 Å². The van der Waals surface area contributed by atoms with Crippen molar-refractivity contribution < 1.29 is 9.72 Å². The maximum Gasteiger partial charge on any atom is 0.292 e. The highest BCUT2D eigenvalue weighted by Gasteiger charge is 2.20. The molecule has 2 rings (SSSR count). The highest BCUT2D eigenvalue weighted by molar-refractivity contribution is 7.10. The second kappa shape index (κ2) is 5.59. The van der Waals surface area contributed by atoms with E-state index in [9.17, 15) is 14.9 Å². The zero-order chi connectivity index (χ0) is 13.8. The first kappa shape index (κ1) is 13.2. The van der Waals surface area contributed by atoms with Gasteiger partial charge in [-0.25, -0.2) is 0 Å². The first-order chi connectivity index (χ1) is 9.09. The third kappa shape index (κ3) is 2.95. The van der Waals surface area contributed by atoms with Crippen LogP contribution in [0.1, 0.15) is 10.9 Å². The molecule has 3 N–H and O–H groups in total. The number of carbonyl (C=O) groups excluding carboxylic acids is 1. The molecule has 1 heterocycles. The summed E-state index contributed by atoms with van der Waals surface area (Å²) < 4.78 is 0. The minimum absolute atomic E-state index is 0.143. The number of thiophene rings is 1. The number of para-hydroxylation sites is 2. The van der Waals surface area contributed by atoms with E-state index in [4.69, 9.17) is 5.73 Å². The summed E-state index contributed by atoms with van der Waals surface area (Å²) >= 11 is 1.36. The Hall–Kier alpha value is -2.25. The van der Waals surface area contributed by atoms with Gasteiger partial charge in [0.2, 0.25) is 5.91 Å². The molecule has 98 valence electrons. The molecular formula is C12H11N3O3S. The smallest absolute Gasteiger partial charge is 0.292 e. The van der Waals surface area contributed by atoms with Crippen LogP contribution in [0.25, 0.3) is 0 Å². The highest BCUT2D eigenvalue weighted by Crippen LogP contribution is 2.25. The minimum atomic E-state index is -0.834. The molecule has 0 saturated heterocycles. The lowest BCUT2D eigenvalue weighted by atomic mass is 10.2. The standard InChI is InChI=1S/C12H11N3O3S/c13-11(10-6-3-7-19-10)12(16)14-8-4-1-2-5-9(8)15(17)18/h1-7,11H,13H2,(H,14,16). The van der Waals surface area contributed by atoms with Gasteiger partial charge in [0.1, 0.15) is 11.7 Å². The number of benzene rings is 1. The van der Waals surface area contributed by atoms with Crippen LogP contribution in [0.15, 0.2) is 41.8 Å². The molecule has 0 aliphatic carbocycles. The summed E-state index contributed by atoms with van der Waals surface area (Å²) in [5.41, 5.74) is 5.77. The summed E-state index contributed by atoms with van der Waals surface area (Å²) in [6.07, 6.45) is 0. The Balaban J connectivity index is 2.18. The number of carbonyl (C=O) groups is 1. The van der Waals surface area contributed by atoms with Crippen LogP contribution in [0.3, 0.4) is 0 Å². The van der Waals surface area contributed by atoms with Gasteiger partial charge in [0.05, 0.1) is 4.92 Å². The maximum absolute atomic E-state index is 11.9. The number of nitrogens with zero attached hydrogens (tertiary/aromatic N) is 1. The van der Waals surface area contributed by atoms with Gasteiger partial charge in [0.15, 0.2) is 0 Å². The Bertz CT molecular complexity index is 598. The van der Waals surface area contributed by atoms with E-state index >= 15 is 0 Å². The second-order valence-corrected chi connectivity index (χ2v) is 4.74. The topological polar surface area (TPSA) is 98.3 Å². The predicted octanol–water partition coefficient (Wildman–Crippen LogP) is 2.29. The van der Waals surface area contributed by atoms with E-state index in [-0.39, 0.29) is 11.4 Å². The Morgan fingerprint density at radius 2 is 2.05 bits per heavy atom. The zero-order valence-corrected chi connectivity index (χ0v) is 10.6. The van der Waals surface area contributed by atoms with Gasteiger partial charge in [-0.3, -0.25) is 14.9 Å². The lowest BCUT2D eigenvalue weighted by Crippen LogP contribution is -2.27. The Morgan fingerprint density at radius 3 is 2.68 bits per heavy atom. The summed E-state index contributed by atoms with van der Waals surface area (Å²) in [6, 6.07) is 8.64. The average Bonchev–Trinajstić information content (AvgIpc) is 2.92. The number of nitrogens with one attached hydrogen (secondary N) is 1. The van der Waals surface area contributed by atoms with Crippen molar-refractivity contribution in [2.45, 2.75) is 6.04 Å². The van der Waals surface area contributed by atoms with Gasteiger partial charge in [-0.2, -0.15) is 0 Å². The summed E-state index contributed by atoms with van der Waals surface area (Å²) in [6.45, 7) is 0. The van der Waals surface area contributed by atoms with Gasteiger partial charge in [-0.1, -0.05) is 18.2 Å². The van der Waals surface area contributed by atoms with Gasteiger partial charge in [0, 0.05) is 10.9 Å². The van der Waals surface area contributed by atoms with Crippen LogP contribution in [0.5, 0.6) is 0 Å². The van der Waals surface area contributed by atoms with Crippen LogP contribution in [-0.2, 0) is 4.79 Å². The molecule has 1 amide bonds. The van der Waals surface area contributed by atoms with Crippen molar-refractivity contribution in [2.75, 3.05) is 5.32 Å². The molecule has 0 spiro atoms. The van der Waals surface area contributed by atoms with Gasteiger partial charge in [0.25, 0.3) is 5.69 Å². The number of hydrogen-bond acceptors (Lipinski definition) is 5.